The Hall–Kier alpha value is -1.82. The van der Waals surface area contributed by atoms with Gasteiger partial charge in [-0.3, -0.25) is 4.57 Å². The number of aromatic nitrogens is 4. The van der Waals surface area contributed by atoms with Gasteiger partial charge in [0, 0.05) is 4.88 Å². The first kappa shape index (κ1) is 17.6. The van der Waals surface area contributed by atoms with Crippen LogP contribution in [0.2, 0.25) is 5.02 Å². The Balaban J connectivity index is 1.62. The number of aliphatic hydroxyl groups excluding tert-OH is 3. The molecule has 1 saturated heterocycles. The van der Waals surface area contributed by atoms with E-state index in [4.69, 9.17) is 16.3 Å². The molecule has 1 fully saturated rings. The highest BCUT2D eigenvalue weighted by molar-refractivity contribution is 7.10. The van der Waals surface area contributed by atoms with Crippen molar-refractivity contribution in [3.63, 3.8) is 0 Å². The standard InChI is InChI=1S/C15H16ClN5O4S/c16-7-1-2-26-9(7)3-17-13-10-14(19-5-18-13)21(6-20-10)15-12(24)11(23)8(4-22)25-15/h1-2,5-6,8,11-12,15,22-24H,3-4H2,(H,17,18,19)/t8-,11-,12-,15-/m1/s1. The topological polar surface area (TPSA) is 126 Å². The maximum Gasteiger partial charge on any atom is 0.167 e. The molecule has 4 heterocycles. The highest BCUT2D eigenvalue weighted by Crippen LogP contribution is 2.32. The summed E-state index contributed by atoms with van der Waals surface area (Å²) in [7, 11) is 0. The van der Waals surface area contributed by atoms with Crippen molar-refractivity contribution < 1.29 is 20.1 Å². The van der Waals surface area contributed by atoms with Crippen LogP contribution in [-0.2, 0) is 11.3 Å². The minimum atomic E-state index is -1.21. The number of rotatable bonds is 5. The second-order valence-electron chi connectivity index (χ2n) is 5.82. The summed E-state index contributed by atoms with van der Waals surface area (Å²) in [5, 5.41) is 35.2. The number of ether oxygens (including phenoxy) is 1. The van der Waals surface area contributed by atoms with Crippen LogP contribution in [-0.4, -0.2) is 59.8 Å². The number of aliphatic hydroxyl groups is 3. The molecule has 3 aromatic heterocycles. The SMILES string of the molecule is OC[C@H]1O[C@@H](n2cnc3c(NCc4sccc4Cl)ncnc32)[C@H](O)[C@@H]1O. The summed E-state index contributed by atoms with van der Waals surface area (Å²) >= 11 is 7.64. The summed E-state index contributed by atoms with van der Waals surface area (Å²) in [6.07, 6.45) is -1.33. The van der Waals surface area contributed by atoms with Crippen LogP contribution in [0.3, 0.4) is 0 Å². The molecule has 4 rings (SSSR count). The van der Waals surface area contributed by atoms with Crippen molar-refractivity contribution in [1.82, 2.24) is 19.5 Å². The van der Waals surface area contributed by atoms with Gasteiger partial charge in [0.1, 0.15) is 24.6 Å². The molecular formula is C15H16ClN5O4S. The summed E-state index contributed by atoms with van der Waals surface area (Å²) in [5.74, 6) is 0.518. The van der Waals surface area contributed by atoms with Crippen LogP contribution in [0.25, 0.3) is 11.2 Å². The first-order chi connectivity index (χ1) is 12.6. The Morgan fingerprint density at radius 1 is 1.27 bits per heavy atom. The van der Waals surface area contributed by atoms with E-state index in [0.29, 0.717) is 28.5 Å². The van der Waals surface area contributed by atoms with Gasteiger partial charge < -0.3 is 25.4 Å². The van der Waals surface area contributed by atoms with E-state index in [-0.39, 0.29) is 0 Å². The van der Waals surface area contributed by atoms with Gasteiger partial charge >= 0.3 is 0 Å². The minimum absolute atomic E-state index is 0.398. The zero-order chi connectivity index (χ0) is 18.3. The summed E-state index contributed by atoms with van der Waals surface area (Å²) in [6.45, 7) is 0.0913. The molecule has 0 bridgehead atoms. The van der Waals surface area contributed by atoms with E-state index in [2.05, 4.69) is 20.3 Å². The molecule has 9 nitrogen and oxygen atoms in total. The van der Waals surface area contributed by atoms with E-state index in [9.17, 15) is 15.3 Å². The Morgan fingerprint density at radius 3 is 2.81 bits per heavy atom. The first-order valence-corrected chi connectivity index (χ1v) is 9.11. The molecule has 0 amide bonds. The average molecular weight is 398 g/mol. The van der Waals surface area contributed by atoms with Crippen LogP contribution in [0.5, 0.6) is 0 Å². The monoisotopic (exact) mass is 397 g/mol. The molecule has 11 heteroatoms. The minimum Gasteiger partial charge on any atom is -0.394 e. The highest BCUT2D eigenvalue weighted by Gasteiger charge is 2.44. The van der Waals surface area contributed by atoms with E-state index in [1.807, 2.05) is 11.4 Å². The van der Waals surface area contributed by atoms with Gasteiger partial charge in [0.05, 0.1) is 24.5 Å². The predicted molar refractivity (Wildman–Crippen MR) is 95.0 cm³/mol. The van der Waals surface area contributed by atoms with Crippen molar-refractivity contribution in [3.8, 4) is 0 Å². The third-order valence-corrected chi connectivity index (χ3v) is 5.64. The molecule has 0 spiro atoms. The van der Waals surface area contributed by atoms with Crippen molar-refractivity contribution in [3.05, 3.63) is 34.0 Å². The quantitative estimate of drug-likeness (QED) is 0.497. The fourth-order valence-corrected chi connectivity index (χ4v) is 3.94. The Morgan fingerprint density at radius 2 is 2.12 bits per heavy atom. The van der Waals surface area contributed by atoms with E-state index < -0.39 is 31.1 Å². The second kappa shape index (κ2) is 7.06. The predicted octanol–water partition coefficient (Wildman–Crippen LogP) is 0.765. The van der Waals surface area contributed by atoms with Gasteiger partial charge in [-0.15, -0.1) is 11.3 Å². The van der Waals surface area contributed by atoms with Gasteiger partial charge in [0.2, 0.25) is 0 Å². The molecule has 3 aromatic rings. The number of hydrogen-bond donors (Lipinski definition) is 4. The van der Waals surface area contributed by atoms with E-state index in [0.717, 1.165) is 4.88 Å². The lowest BCUT2D eigenvalue weighted by molar-refractivity contribution is -0.0511. The number of halogens is 1. The Kier molecular flexibility index (Phi) is 4.78. The molecule has 4 N–H and O–H groups in total. The molecule has 26 heavy (non-hydrogen) atoms. The normalized spacial score (nSPS) is 25.8. The third kappa shape index (κ3) is 2.94. The van der Waals surface area contributed by atoms with E-state index >= 15 is 0 Å². The smallest absolute Gasteiger partial charge is 0.167 e. The zero-order valence-electron chi connectivity index (χ0n) is 13.4. The largest absolute Gasteiger partial charge is 0.394 e. The molecule has 0 saturated carbocycles. The van der Waals surface area contributed by atoms with Crippen LogP contribution in [0.15, 0.2) is 24.1 Å². The molecule has 0 radical (unpaired) electrons. The molecule has 0 unspecified atom stereocenters. The van der Waals surface area contributed by atoms with Gasteiger partial charge in [0.25, 0.3) is 0 Å². The number of anilines is 1. The number of thiophene rings is 1. The maximum absolute atomic E-state index is 10.2. The van der Waals surface area contributed by atoms with Crippen LogP contribution in [0.4, 0.5) is 5.82 Å². The van der Waals surface area contributed by atoms with Crippen LogP contribution in [0.1, 0.15) is 11.1 Å². The van der Waals surface area contributed by atoms with Crippen molar-refractivity contribution in [2.75, 3.05) is 11.9 Å². The molecule has 0 aromatic carbocycles. The number of fused-ring (bicyclic) bond motifs is 1. The fraction of sp³-hybridized carbons (Fsp3) is 0.400. The summed E-state index contributed by atoms with van der Waals surface area (Å²) < 4.78 is 7.06. The van der Waals surface area contributed by atoms with Crippen molar-refractivity contribution >= 4 is 39.9 Å². The molecule has 1 aliphatic rings. The summed E-state index contributed by atoms with van der Waals surface area (Å²) in [4.78, 5) is 13.7. The number of imidazole rings is 1. The fourth-order valence-electron chi connectivity index (χ4n) is 2.89. The van der Waals surface area contributed by atoms with Crippen LogP contribution in [0, 0.1) is 0 Å². The van der Waals surface area contributed by atoms with Crippen LogP contribution < -0.4 is 5.32 Å². The van der Waals surface area contributed by atoms with Crippen molar-refractivity contribution in [2.24, 2.45) is 0 Å². The van der Waals surface area contributed by atoms with Gasteiger partial charge in [-0.2, -0.15) is 0 Å². The summed E-state index contributed by atoms with van der Waals surface area (Å²) in [6, 6.07) is 1.83. The van der Waals surface area contributed by atoms with Crippen molar-refractivity contribution in [2.45, 2.75) is 31.1 Å². The number of hydrogen-bond acceptors (Lipinski definition) is 9. The lowest BCUT2D eigenvalue weighted by Crippen LogP contribution is -2.33. The lowest BCUT2D eigenvalue weighted by Gasteiger charge is -2.16. The van der Waals surface area contributed by atoms with Crippen LogP contribution >= 0.6 is 22.9 Å². The van der Waals surface area contributed by atoms with Crippen molar-refractivity contribution in [1.29, 1.82) is 0 Å². The van der Waals surface area contributed by atoms with Gasteiger partial charge in [-0.25, -0.2) is 15.0 Å². The third-order valence-electron chi connectivity index (χ3n) is 4.26. The molecule has 0 aliphatic carbocycles. The number of nitrogens with zero attached hydrogens (tertiary/aromatic N) is 4. The average Bonchev–Trinajstić information content (AvgIpc) is 3.32. The van der Waals surface area contributed by atoms with Gasteiger partial charge in [-0.1, -0.05) is 11.6 Å². The molecular weight excluding hydrogens is 382 g/mol. The Bertz CT molecular complexity index is 918. The van der Waals surface area contributed by atoms with Gasteiger partial charge in [-0.05, 0) is 11.4 Å². The number of nitrogens with one attached hydrogen (secondary N) is 1. The lowest BCUT2D eigenvalue weighted by atomic mass is 10.1. The van der Waals surface area contributed by atoms with E-state index in [1.165, 1.54) is 28.6 Å². The maximum atomic E-state index is 10.2. The van der Waals surface area contributed by atoms with E-state index in [1.54, 1.807) is 0 Å². The first-order valence-electron chi connectivity index (χ1n) is 7.86. The highest BCUT2D eigenvalue weighted by atomic mass is 35.5. The molecule has 1 aliphatic heterocycles. The summed E-state index contributed by atoms with van der Waals surface area (Å²) in [5.41, 5.74) is 0.938. The second-order valence-corrected chi connectivity index (χ2v) is 7.23. The Labute approximate surface area is 156 Å². The van der Waals surface area contributed by atoms with Gasteiger partial charge in [0.15, 0.2) is 23.2 Å². The zero-order valence-corrected chi connectivity index (χ0v) is 14.9. The molecule has 138 valence electrons. The molecule has 4 atom stereocenters.